The van der Waals surface area contributed by atoms with Crippen molar-refractivity contribution in [3.05, 3.63) is 42.8 Å². The van der Waals surface area contributed by atoms with Gasteiger partial charge in [0.25, 0.3) is 5.91 Å². The van der Waals surface area contributed by atoms with Crippen LogP contribution >= 0.6 is 0 Å². The van der Waals surface area contributed by atoms with Crippen LogP contribution < -0.4 is 5.32 Å². The number of likely N-dealkylation sites (tertiary alicyclic amines) is 1. The van der Waals surface area contributed by atoms with E-state index in [4.69, 9.17) is 9.63 Å². The SMILES string of the molecule is CN1CCC(O)C1=O.FC(F)(F)C1CC(Nc2nccc(-c3cccc(-c4ccon4)n3)n2)C1. The molecule has 0 aromatic carbocycles. The van der Waals surface area contributed by atoms with Crippen LogP contribution in [0.25, 0.3) is 22.8 Å². The largest absolute Gasteiger partial charge is 0.391 e. The number of carbonyl (C=O) groups is 1. The van der Waals surface area contributed by atoms with Crippen molar-refractivity contribution in [3.63, 3.8) is 0 Å². The van der Waals surface area contributed by atoms with Crippen LogP contribution in [-0.4, -0.2) is 67.9 Å². The normalized spacial score (nSPS) is 22.1. The van der Waals surface area contributed by atoms with Gasteiger partial charge < -0.3 is 19.8 Å². The molecule has 0 bridgehead atoms. The highest BCUT2D eigenvalue weighted by atomic mass is 19.4. The van der Waals surface area contributed by atoms with Crippen molar-refractivity contribution in [1.82, 2.24) is 25.0 Å². The third-order valence-electron chi connectivity index (χ3n) is 5.70. The van der Waals surface area contributed by atoms with Gasteiger partial charge >= 0.3 is 6.18 Å². The van der Waals surface area contributed by atoms with Gasteiger partial charge in [0.1, 0.15) is 18.1 Å². The molecule has 1 amide bonds. The number of hydrogen-bond acceptors (Lipinski definition) is 8. The van der Waals surface area contributed by atoms with E-state index >= 15 is 0 Å². The van der Waals surface area contributed by atoms with Crippen LogP contribution in [0, 0.1) is 5.92 Å². The molecule has 2 fully saturated rings. The average molecular weight is 476 g/mol. The van der Waals surface area contributed by atoms with Gasteiger partial charge in [-0.05, 0) is 37.5 Å². The number of aromatic nitrogens is 4. The molecule has 1 unspecified atom stereocenters. The highest BCUT2D eigenvalue weighted by molar-refractivity contribution is 5.82. The fourth-order valence-corrected chi connectivity index (χ4v) is 3.63. The molecular formula is C22H23F3N6O3. The molecule has 34 heavy (non-hydrogen) atoms. The maximum atomic E-state index is 12.6. The van der Waals surface area contributed by atoms with Crippen molar-refractivity contribution in [3.8, 4) is 22.8 Å². The highest BCUT2D eigenvalue weighted by Gasteiger charge is 2.48. The summed E-state index contributed by atoms with van der Waals surface area (Å²) in [5, 5.41) is 15.6. The summed E-state index contributed by atoms with van der Waals surface area (Å²) >= 11 is 0. The van der Waals surface area contributed by atoms with Gasteiger partial charge in [-0.2, -0.15) is 13.2 Å². The van der Waals surface area contributed by atoms with Crippen molar-refractivity contribution >= 4 is 11.9 Å². The average Bonchev–Trinajstić information content (AvgIpc) is 3.43. The summed E-state index contributed by atoms with van der Waals surface area (Å²) in [6.45, 7) is 0.694. The third-order valence-corrected chi connectivity index (χ3v) is 5.70. The molecule has 1 atom stereocenters. The summed E-state index contributed by atoms with van der Waals surface area (Å²) in [7, 11) is 1.69. The number of nitrogens with zero attached hydrogens (tertiary/aromatic N) is 5. The van der Waals surface area contributed by atoms with E-state index in [-0.39, 0.29) is 24.8 Å². The zero-order valence-corrected chi connectivity index (χ0v) is 18.2. The minimum atomic E-state index is -4.13. The maximum absolute atomic E-state index is 12.6. The van der Waals surface area contributed by atoms with Crippen LogP contribution in [0.5, 0.6) is 0 Å². The number of rotatable bonds is 4. The van der Waals surface area contributed by atoms with Gasteiger partial charge in [0, 0.05) is 31.9 Å². The van der Waals surface area contributed by atoms with Crippen LogP contribution in [0.3, 0.4) is 0 Å². The van der Waals surface area contributed by atoms with Crippen molar-refractivity contribution in [1.29, 1.82) is 0 Å². The Morgan fingerprint density at radius 1 is 1.09 bits per heavy atom. The molecule has 12 heteroatoms. The van der Waals surface area contributed by atoms with Gasteiger partial charge in [-0.15, -0.1) is 0 Å². The molecule has 1 aliphatic carbocycles. The van der Waals surface area contributed by atoms with E-state index in [9.17, 15) is 18.0 Å². The van der Waals surface area contributed by atoms with Gasteiger partial charge in [-0.1, -0.05) is 11.2 Å². The quantitative estimate of drug-likeness (QED) is 0.590. The minimum Gasteiger partial charge on any atom is -0.383 e. The number of carbonyl (C=O) groups excluding carboxylic acids is 1. The zero-order valence-electron chi connectivity index (χ0n) is 18.2. The van der Waals surface area contributed by atoms with Crippen LogP contribution in [0.1, 0.15) is 19.3 Å². The second-order valence-electron chi connectivity index (χ2n) is 8.17. The van der Waals surface area contributed by atoms with Crippen molar-refractivity contribution in [2.75, 3.05) is 18.9 Å². The second-order valence-corrected chi connectivity index (χ2v) is 8.17. The number of amides is 1. The highest BCUT2D eigenvalue weighted by Crippen LogP contribution is 2.41. The molecule has 9 nitrogen and oxygen atoms in total. The molecule has 4 heterocycles. The van der Waals surface area contributed by atoms with Gasteiger partial charge in [0.15, 0.2) is 0 Å². The summed E-state index contributed by atoms with van der Waals surface area (Å²) in [5.74, 6) is -1.10. The van der Waals surface area contributed by atoms with Crippen LogP contribution in [0.2, 0.25) is 0 Å². The molecule has 1 saturated heterocycles. The van der Waals surface area contributed by atoms with Crippen LogP contribution in [0.4, 0.5) is 19.1 Å². The molecule has 3 aromatic rings. The number of pyridine rings is 1. The Hall–Kier alpha value is -3.54. The number of aliphatic hydroxyl groups excluding tert-OH is 1. The van der Waals surface area contributed by atoms with E-state index in [1.54, 1.807) is 37.5 Å². The Labute approximate surface area is 193 Å². The lowest BCUT2D eigenvalue weighted by molar-refractivity contribution is -0.195. The molecule has 5 rings (SSSR count). The monoisotopic (exact) mass is 476 g/mol. The Morgan fingerprint density at radius 2 is 1.79 bits per heavy atom. The van der Waals surface area contributed by atoms with Gasteiger partial charge in [0.2, 0.25) is 5.95 Å². The number of nitrogens with one attached hydrogen (secondary N) is 1. The molecular weight excluding hydrogens is 453 g/mol. The molecule has 180 valence electrons. The number of anilines is 1. The smallest absolute Gasteiger partial charge is 0.383 e. The molecule has 2 aliphatic rings. The number of likely N-dealkylation sites (N-methyl/N-ethyl adjacent to an activating group) is 1. The Balaban J connectivity index is 0.000000291. The van der Waals surface area contributed by atoms with Crippen LogP contribution in [0.15, 0.2) is 47.3 Å². The molecule has 2 N–H and O–H groups in total. The van der Waals surface area contributed by atoms with Crippen molar-refractivity contribution < 1.29 is 27.6 Å². The fraction of sp³-hybridized carbons (Fsp3) is 0.409. The fourth-order valence-electron chi connectivity index (χ4n) is 3.63. The van der Waals surface area contributed by atoms with Crippen LogP contribution in [-0.2, 0) is 4.79 Å². The number of aliphatic hydroxyl groups is 1. The Kier molecular flexibility index (Phi) is 6.77. The van der Waals surface area contributed by atoms with E-state index < -0.39 is 18.2 Å². The minimum absolute atomic E-state index is 0.0387. The summed E-state index contributed by atoms with van der Waals surface area (Å²) in [4.78, 5) is 25.1. The Bertz CT molecular complexity index is 1110. The lowest BCUT2D eigenvalue weighted by atomic mass is 9.80. The predicted molar refractivity (Wildman–Crippen MR) is 115 cm³/mol. The molecule has 1 saturated carbocycles. The summed E-state index contributed by atoms with van der Waals surface area (Å²) in [5.41, 5.74) is 2.42. The Morgan fingerprint density at radius 3 is 2.35 bits per heavy atom. The van der Waals surface area contributed by atoms with E-state index in [1.807, 2.05) is 6.07 Å². The molecule has 3 aromatic heterocycles. The lowest BCUT2D eigenvalue weighted by Gasteiger charge is -2.36. The second kappa shape index (κ2) is 9.75. The first-order valence-electron chi connectivity index (χ1n) is 10.7. The summed E-state index contributed by atoms with van der Waals surface area (Å²) in [6.07, 6.45) is -1.17. The number of hydrogen-bond donors (Lipinski definition) is 2. The predicted octanol–water partition coefficient (Wildman–Crippen LogP) is 3.16. The topological polar surface area (TPSA) is 117 Å². The van der Waals surface area contributed by atoms with E-state index in [0.717, 1.165) is 0 Å². The lowest BCUT2D eigenvalue weighted by Crippen LogP contribution is -2.43. The molecule has 0 spiro atoms. The number of alkyl halides is 3. The maximum Gasteiger partial charge on any atom is 0.391 e. The molecule has 0 radical (unpaired) electrons. The van der Waals surface area contributed by atoms with Gasteiger partial charge in [-0.25, -0.2) is 15.0 Å². The number of halogens is 3. The van der Waals surface area contributed by atoms with Gasteiger partial charge in [0.05, 0.1) is 23.0 Å². The first-order valence-corrected chi connectivity index (χ1v) is 10.7. The van der Waals surface area contributed by atoms with E-state index in [0.29, 0.717) is 41.7 Å². The van der Waals surface area contributed by atoms with Crippen molar-refractivity contribution in [2.24, 2.45) is 5.92 Å². The summed E-state index contributed by atoms with van der Waals surface area (Å²) in [6, 6.07) is 8.53. The first-order chi connectivity index (χ1) is 16.2. The molecule has 1 aliphatic heterocycles. The van der Waals surface area contributed by atoms with Crippen molar-refractivity contribution in [2.45, 2.75) is 37.6 Å². The zero-order chi connectivity index (χ0) is 24.3. The summed E-state index contributed by atoms with van der Waals surface area (Å²) < 4.78 is 42.5. The third kappa shape index (κ3) is 5.50. The first kappa shape index (κ1) is 23.6. The van der Waals surface area contributed by atoms with E-state index in [2.05, 4.69) is 25.4 Å². The van der Waals surface area contributed by atoms with E-state index in [1.165, 1.54) is 11.2 Å². The van der Waals surface area contributed by atoms with Gasteiger partial charge in [-0.3, -0.25) is 4.79 Å². The standard InChI is InChI=1S/C17H14F3N5O.C5H9NO2/c18-17(19,20)10-8-11(9-10)22-16-21-6-4-14(24-16)12-2-1-3-13(23-12)15-5-7-26-25-15;1-6-3-2-4(7)5(6)8/h1-7,10-11H,8-9H2,(H,21,22,24);4,7H,2-3H2,1H3.